The first-order valence-electron chi connectivity index (χ1n) is 16.0. The molecule has 0 atom stereocenters. The minimum absolute atomic E-state index is 0. The van der Waals surface area contributed by atoms with Gasteiger partial charge in [-0.1, -0.05) is 24.3 Å². The molecule has 6 rings (SSSR count). The first kappa shape index (κ1) is 56.1. The Labute approximate surface area is 443 Å². The van der Waals surface area contributed by atoms with Gasteiger partial charge in [-0.3, -0.25) is 9.59 Å². The molecule has 0 aromatic heterocycles. The van der Waals surface area contributed by atoms with Crippen LogP contribution >= 0.6 is 0 Å². The maximum absolute atomic E-state index is 13.2. The number of rotatable bonds is 8. The van der Waals surface area contributed by atoms with Crippen LogP contribution in [0, 0.1) is 0 Å². The van der Waals surface area contributed by atoms with Gasteiger partial charge in [0.15, 0.2) is 0 Å². The summed E-state index contributed by atoms with van der Waals surface area (Å²) in [6.45, 7) is 0. The average Bonchev–Trinajstić information content (AvgIpc) is 3.12. The number of aliphatic imine (C=N–C) groups is 2. The molecule has 2 aliphatic carbocycles. The second-order valence-corrected chi connectivity index (χ2v) is 18.0. The fourth-order valence-electron chi connectivity index (χ4n) is 5.79. The zero-order valence-electron chi connectivity index (χ0n) is 32.8. The molecular weight excluding hydrogens is 937 g/mol. The number of allylic oxidation sites excluding steroid dienone is 4. The third kappa shape index (κ3) is 14.0. The number of nitrogens with zero attached hydrogens (tertiary/aromatic N) is 2. The normalized spacial score (nSPS) is 14.8. The molecule has 19 nitrogen and oxygen atoms in total. The van der Waals surface area contributed by atoms with E-state index in [4.69, 9.17) is 0 Å². The molecular formula is C35H22N4Na4O15S4. The molecule has 300 valence electrons. The standard InChI is InChI=1S/C35H26N4O15S4.4Na/c40-33(38-31-17-27(57(49,50)51)15-21-13-25(55(43,44)45)7-9-29(21)31)19-3-1-5-23(11-19)36-35(42)37-24-6-2-4-20(12-24)34(41)39-32-18-28(58(52,53)54)16-22-14-26(56(46,47)48)8-10-30(22)32;;;;/h1-14,17-18H,15-16H2,(H2,36,37,42)(H,43,44,45)(H,46,47,48)(H,49,50,51)(H,52,53,54);;;;/q;4*+1/p-4. The van der Waals surface area contributed by atoms with E-state index in [9.17, 15) is 66.3 Å². The smallest absolute Gasteiger partial charge is 0.744 e. The number of urea groups is 1. The minimum Gasteiger partial charge on any atom is -0.744 e. The molecule has 0 saturated heterocycles. The van der Waals surface area contributed by atoms with Crippen molar-refractivity contribution in [3.05, 3.63) is 140 Å². The van der Waals surface area contributed by atoms with Crippen LogP contribution in [-0.2, 0) is 53.3 Å². The SMILES string of the molecule is O=C(Nc1cccc(C(=O)N=C2C=C(S(=O)(=O)[O-])Cc3cc(S(=O)(=O)[O-])ccc32)c1)Nc1cccc(C(=O)N=C2C=C(S(=O)(=O)[O-])Cc3cc(S(=O)(=O)[O-])ccc32)c1.[Na+].[Na+].[Na+].[Na+]. The zero-order valence-corrected chi connectivity index (χ0v) is 44.1. The van der Waals surface area contributed by atoms with Crippen LogP contribution in [0.15, 0.2) is 127 Å². The van der Waals surface area contributed by atoms with Crippen LogP contribution in [0.3, 0.4) is 0 Å². The molecule has 0 aliphatic heterocycles. The van der Waals surface area contributed by atoms with E-state index in [-0.39, 0.29) is 174 Å². The van der Waals surface area contributed by atoms with Crippen molar-refractivity contribution in [3.63, 3.8) is 0 Å². The van der Waals surface area contributed by atoms with Crippen LogP contribution in [0.2, 0.25) is 0 Å². The molecule has 0 saturated carbocycles. The van der Waals surface area contributed by atoms with Crippen molar-refractivity contribution in [2.24, 2.45) is 9.98 Å². The van der Waals surface area contributed by atoms with Crippen LogP contribution < -0.4 is 129 Å². The van der Waals surface area contributed by atoms with Gasteiger partial charge in [-0.05, 0) is 83.9 Å². The first-order chi connectivity index (χ1) is 27.0. The predicted molar refractivity (Wildman–Crippen MR) is 199 cm³/mol. The third-order valence-electron chi connectivity index (χ3n) is 8.43. The Morgan fingerprint density at radius 2 is 0.839 bits per heavy atom. The fourth-order valence-corrected chi connectivity index (χ4v) is 8.01. The van der Waals surface area contributed by atoms with Crippen molar-refractivity contribution >= 4 is 81.1 Å². The predicted octanol–water partition coefficient (Wildman–Crippen LogP) is -9.62. The van der Waals surface area contributed by atoms with Gasteiger partial charge in [-0.25, -0.2) is 48.5 Å². The summed E-state index contributed by atoms with van der Waals surface area (Å²) in [6.07, 6.45) is 0.598. The van der Waals surface area contributed by atoms with E-state index in [0.717, 1.165) is 48.6 Å². The monoisotopic (exact) mass is 958 g/mol. The van der Waals surface area contributed by atoms with Crippen molar-refractivity contribution in [1.82, 2.24) is 0 Å². The number of benzene rings is 4. The number of hydrogen-bond acceptors (Lipinski definition) is 15. The van der Waals surface area contributed by atoms with Crippen LogP contribution in [0.25, 0.3) is 0 Å². The van der Waals surface area contributed by atoms with Crippen LogP contribution in [0.5, 0.6) is 0 Å². The number of nitrogens with one attached hydrogen (secondary N) is 2. The number of carbonyl (C=O) groups excluding carboxylic acids is 3. The molecule has 2 N–H and O–H groups in total. The summed E-state index contributed by atoms with van der Waals surface area (Å²) in [6, 6.07) is 15.6. The number of hydrogen-bond donors (Lipinski definition) is 2. The van der Waals surface area contributed by atoms with Crippen LogP contribution in [-0.4, -0.2) is 81.2 Å². The van der Waals surface area contributed by atoms with E-state index in [1.54, 1.807) is 0 Å². The Bertz CT molecular complexity index is 2880. The second-order valence-electron chi connectivity index (χ2n) is 12.4. The van der Waals surface area contributed by atoms with Gasteiger partial charge >= 0.3 is 124 Å². The number of anilines is 2. The Kier molecular flexibility index (Phi) is 19.9. The van der Waals surface area contributed by atoms with Gasteiger partial charge in [0, 0.05) is 56.3 Å². The maximum atomic E-state index is 13.2. The van der Waals surface area contributed by atoms with Gasteiger partial charge in [-0.2, -0.15) is 0 Å². The van der Waals surface area contributed by atoms with Crippen molar-refractivity contribution in [1.29, 1.82) is 0 Å². The van der Waals surface area contributed by atoms with E-state index < -0.39 is 90.8 Å². The Morgan fingerprint density at radius 3 is 1.16 bits per heavy atom. The molecule has 0 fully saturated rings. The van der Waals surface area contributed by atoms with Crippen molar-refractivity contribution in [2.75, 3.05) is 10.6 Å². The molecule has 4 amide bonds. The first-order valence-corrected chi connectivity index (χ1v) is 21.6. The van der Waals surface area contributed by atoms with Gasteiger partial charge in [0.2, 0.25) is 0 Å². The Hall–Kier alpha value is -2.05. The molecule has 2 aliphatic rings. The summed E-state index contributed by atoms with van der Waals surface area (Å²) in [7, 11) is -20.1. The number of carbonyl (C=O) groups is 3. The molecule has 4 aromatic rings. The van der Waals surface area contributed by atoms with Gasteiger partial charge in [0.05, 0.1) is 21.2 Å². The second kappa shape index (κ2) is 22.0. The van der Waals surface area contributed by atoms with Gasteiger partial charge in [-0.15, -0.1) is 0 Å². The average molecular weight is 959 g/mol. The van der Waals surface area contributed by atoms with E-state index in [1.807, 2.05) is 0 Å². The Morgan fingerprint density at radius 1 is 0.484 bits per heavy atom. The summed E-state index contributed by atoms with van der Waals surface area (Å²) >= 11 is 0. The molecule has 0 radical (unpaired) electrons. The van der Waals surface area contributed by atoms with Gasteiger partial charge in [0.1, 0.15) is 40.5 Å². The summed E-state index contributed by atoms with van der Waals surface area (Å²) in [5, 5.41) is 4.94. The van der Waals surface area contributed by atoms with Crippen LogP contribution in [0.1, 0.15) is 43.0 Å². The topological polar surface area (TPSA) is 329 Å². The molecule has 0 bridgehead atoms. The summed E-state index contributed by atoms with van der Waals surface area (Å²) in [5.74, 6) is -1.93. The molecule has 0 unspecified atom stereocenters. The minimum atomic E-state index is -5.08. The van der Waals surface area contributed by atoms with Gasteiger partial charge in [0.25, 0.3) is 11.8 Å². The summed E-state index contributed by atoms with van der Waals surface area (Å²) < 4.78 is 140. The van der Waals surface area contributed by atoms with E-state index >= 15 is 0 Å². The van der Waals surface area contributed by atoms with E-state index in [2.05, 4.69) is 20.6 Å². The zero-order chi connectivity index (χ0) is 42.4. The molecule has 4 aromatic carbocycles. The fraction of sp³-hybridized carbons (Fsp3) is 0.0571. The van der Waals surface area contributed by atoms with Crippen molar-refractivity contribution < 1.29 is 184 Å². The quantitative estimate of drug-likeness (QED) is 0.122. The largest absolute Gasteiger partial charge is 1.00 e. The number of fused-ring (bicyclic) bond motifs is 2. The third-order valence-corrected chi connectivity index (χ3v) is 11.9. The molecule has 0 heterocycles. The molecule has 0 spiro atoms. The number of amides is 4. The van der Waals surface area contributed by atoms with Crippen molar-refractivity contribution in [2.45, 2.75) is 22.6 Å². The summed E-state index contributed by atoms with van der Waals surface area (Å²) in [5.41, 5.74) is -0.711. The maximum Gasteiger partial charge on any atom is 1.00 e. The molecule has 62 heavy (non-hydrogen) atoms. The van der Waals surface area contributed by atoms with E-state index in [0.29, 0.717) is 0 Å². The molecule has 27 heteroatoms. The van der Waals surface area contributed by atoms with Crippen LogP contribution in [0.4, 0.5) is 16.2 Å². The van der Waals surface area contributed by atoms with E-state index in [1.165, 1.54) is 48.5 Å². The van der Waals surface area contributed by atoms with Gasteiger partial charge < -0.3 is 28.8 Å². The summed E-state index contributed by atoms with van der Waals surface area (Å²) in [4.78, 5) is 44.4. The van der Waals surface area contributed by atoms with Crippen molar-refractivity contribution in [3.8, 4) is 0 Å². The Balaban J connectivity index is 0.00000331.